The van der Waals surface area contributed by atoms with Gasteiger partial charge in [-0.1, -0.05) is 25.0 Å². The zero-order chi connectivity index (χ0) is 16.2. The molecule has 2 rings (SSSR count). The summed E-state index contributed by atoms with van der Waals surface area (Å²) in [6, 6.07) is 7.94. The number of benzene rings is 1. The Bertz CT molecular complexity index is 572. The second-order valence-electron chi connectivity index (χ2n) is 6.22. The van der Waals surface area contributed by atoms with Crippen LogP contribution in [0.25, 0.3) is 0 Å². The quantitative estimate of drug-likeness (QED) is 0.749. The van der Waals surface area contributed by atoms with E-state index in [-0.39, 0.29) is 12.6 Å². The Balaban J connectivity index is 1.98. The first-order valence-electron chi connectivity index (χ1n) is 7.83. The number of nitrogens with one attached hydrogen (secondary N) is 2. The third-order valence-corrected chi connectivity index (χ3v) is 4.93. The summed E-state index contributed by atoms with van der Waals surface area (Å²) in [5.74, 6) is 0.336. The Labute approximate surface area is 133 Å². The van der Waals surface area contributed by atoms with Crippen LogP contribution in [0.1, 0.15) is 44.2 Å². The van der Waals surface area contributed by atoms with E-state index in [1.807, 2.05) is 12.1 Å². The molecule has 0 bridgehead atoms. The molecule has 6 heteroatoms. The number of anilines is 1. The molecule has 22 heavy (non-hydrogen) atoms. The largest absolute Gasteiger partial charge is 0.396 e. The van der Waals surface area contributed by atoms with E-state index in [0.717, 1.165) is 24.7 Å². The van der Waals surface area contributed by atoms with Gasteiger partial charge in [-0.2, -0.15) is 0 Å². The molecule has 3 atom stereocenters. The van der Waals surface area contributed by atoms with Crippen molar-refractivity contribution in [2.45, 2.75) is 44.7 Å². The molecule has 3 N–H and O–H groups in total. The first kappa shape index (κ1) is 17.2. The molecule has 1 aromatic rings. The molecule has 0 amide bonds. The molecule has 0 radical (unpaired) electrons. The van der Waals surface area contributed by atoms with E-state index < -0.39 is 10.0 Å². The van der Waals surface area contributed by atoms with Crippen molar-refractivity contribution in [3.63, 3.8) is 0 Å². The fourth-order valence-electron chi connectivity index (χ4n) is 3.12. The van der Waals surface area contributed by atoms with Crippen molar-refractivity contribution in [1.82, 2.24) is 5.32 Å². The van der Waals surface area contributed by atoms with Crippen LogP contribution in [0.3, 0.4) is 0 Å². The molecule has 1 fully saturated rings. The van der Waals surface area contributed by atoms with E-state index in [4.69, 9.17) is 0 Å². The molecule has 3 unspecified atom stereocenters. The van der Waals surface area contributed by atoms with Crippen LogP contribution < -0.4 is 10.0 Å². The Morgan fingerprint density at radius 2 is 1.86 bits per heavy atom. The van der Waals surface area contributed by atoms with Crippen molar-refractivity contribution in [1.29, 1.82) is 0 Å². The minimum absolute atomic E-state index is 0.171. The maximum Gasteiger partial charge on any atom is 0.229 e. The van der Waals surface area contributed by atoms with Crippen molar-refractivity contribution in [2.24, 2.45) is 5.92 Å². The molecule has 1 aliphatic rings. The van der Waals surface area contributed by atoms with Crippen LogP contribution in [0.15, 0.2) is 24.3 Å². The molecule has 1 aromatic carbocycles. The number of sulfonamides is 1. The SMILES string of the molecule is CC(NC1CCCCC1CO)c1ccc(NS(C)(=O)=O)cc1. The zero-order valence-corrected chi connectivity index (χ0v) is 14.1. The van der Waals surface area contributed by atoms with Gasteiger partial charge < -0.3 is 10.4 Å². The van der Waals surface area contributed by atoms with Gasteiger partial charge in [0.1, 0.15) is 0 Å². The van der Waals surface area contributed by atoms with Crippen LogP contribution >= 0.6 is 0 Å². The second-order valence-corrected chi connectivity index (χ2v) is 7.97. The summed E-state index contributed by atoms with van der Waals surface area (Å²) < 4.78 is 24.9. The maximum absolute atomic E-state index is 11.2. The Morgan fingerprint density at radius 1 is 1.23 bits per heavy atom. The highest BCUT2D eigenvalue weighted by Gasteiger charge is 2.25. The fraction of sp³-hybridized carbons (Fsp3) is 0.625. The summed E-state index contributed by atoms with van der Waals surface area (Å²) in [6.07, 6.45) is 5.73. The summed E-state index contributed by atoms with van der Waals surface area (Å²) in [7, 11) is -3.24. The highest BCUT2D eigenvalue weighted by atomic mass is 32.2. The summed E-state index contributed by atoms with van der Waals surface area (Å²) in [5, 5.41) is 13.1. The molecular formula is C16H26N2O3S. The van der Waals surface area contributed by atoms with Crippen molar-refractivity contribution in [3.8, 4) is 0 Å². The molecule has 0 aliphatic heterocycles. The number of aliphatic hydroxyl groups excluding tert-OH is 1. The van der Waals surface area contributed by atoms with Crippen LogP contribution in [-0.4, -0.2) is 32.4 Å². The van der Waals surface area contributed by atoms with E-state index in [1.165, 1.54) is 12.8 Å². The van der Waals surface area contributed by atoms with Crippen LogP contribution in [0, 0.1) is 5.92 Å². The van der Waals surface area contributed by atoms with E-state index in [2.05, 4.69) is 17.0 Å². The third kappa shape index (κ3) is 4.97. The fourth-order valence-corrected chi connectivity index (χ4v) is 3.68. The number of rotatable bonds is 6. The van der Waals surface area contributed by atoms with Gasteiger partial charge in [-0.05, 0) is 43.4 Å². The molecule has 5 nitrogen and oxygen atoms in total. The van der Waals surface area contributed by atoms with Gasteiger partial charge in [-0.15, -0.1) is 0 Å². The Morgan fingerprint density at radius 3 is 2.45 bits per heavy atom. The van der Waals surface area contributed by atoms with Gasteiger partial charge in [-0.25, -0.2) is 8.42 Å². The lowest BCUT2D eigenvalue weighted by molar-refractivity contribution is 0.147. The monoisotopic (exact) mass is 326 g/mol. The first-order chi connectivity index (χ1) is 10.4. The molecule has 124 valence electrons. The predicted molar refractivity (Wildman–Crippen MR) is 89.3 cm³/mol. The van der Waals surface area contributed by atoms with Crippen LogP contribution in [0.2, 0.25) is 0 Å². The number of aliphatic hydroxyl groups is 1. The summed E-state index contributed by atoms with van der Waals surface area (Å²) in [6.45, 7) is 2.34. The lowest BCUT2D eigenvalue weighted by Crippen LogP contribution is -2.41. The lowest BCUT2D eigenvalue weighted by atomic mass is 9.84. The maximum atomic E-state index is 11.2. The summed E-state index contributed by atoms with van der Waals surface area (Å²) in [5.41, 5.74) is 1.69. The molecule has 0 spiro atoms. The summed E-state index contributed by atoms with van der Waals surface area (Å²) >= 11 is 0. The van der Waals surface area contributed by atoms with Gasteiger partial charge in [-0.3, -0.25) is 4.72 Å². The van der Waals surface area contributed by atoms with E-state index >= 15 is 0 Å². The van der Waals surface area contributed by atoms with Crippen molar-refractivity contribution in [3.05, 3.63) is 29.8 Å². The number of hydrogen-bond donors (Lipinski definition) is 3. The second kappa shape index (κ2) is 7.44. The highest BCUT2D eigenvalue weighted by molar-refractivity contribution is 7.92. The molecule has 1 aliphatic carbocycles. The Kier molecular flexibility index (Phi) is 5.83. The molecule has 0 aromatic heterocycles. The minimum Gasteiger partial charge on any atom is -0.396 e. The van der Waals surface area contributed by atoms with Crippen molar-refractivity contribution < 1.29 is 13.5 Å². The molecule has 1 saturated carbocycles. The predicted octanol–water partition coefficient (Wildman–Crippen LogP) is 2.26. The smallest absolute Gasteiger partial charge is 0.229 e. The van der Waals surface area contributed by atoms with Gasteiger partial charge in [0.2, 0.25) is 10.0 Å². The van der Waals surface area contributed by atoms with Gasteiger partial charge in [0, 0.05) is 24.4 Å². The standard InChI is InChI=1S/C16H26N2O3S/c1-12(17-16-6-4-3-5-14(16)11-19)13-7-9-15(10-8-13)18-22(2,20)21/h7-10,12,14,16-19H,3-6,11H2,1-2H3. The third-order valence-electron chi connectivity index (χ3n) is 4.32. The Hall–Kier alpha value is -1.11. The number of hydrogen-bond acceptors (Lipinski definition) is 4. The molecule has 0 saturated heterocycles. The van der Waals surface area contributed by atoms with Crippen molar-refractivity contribution in [2.75, 3.05) is 17.6 Å². The lowest BCUT2D eigenvalue weighted by Gasteiger charge is -2.33. The van der Waals surface area contributed by atoms with E-state index in [9.17, 15) is 13.5 Å². The van der Waals surface area contributed by atoms with Crippen LogP contribution in [0.5, 0.6) is 0 Å². The van der Waals surface area contributed by atoms with Gasteiger partial charge >= 0.3 is 0 Å². The summed E-state index contributed by atoms with van der Waals surface area (Å²) in [4.78, 5) is 0. The van der Waals surface area contributed by atoms with Crippen molar-refractivity contribution >= 4 is 15.7 Å². The molecule has 0 heterocycles. The normalized spacial score (nSPS) is 24.0. The topological polar surface area (TPSA) is 78.4 Å². The average molecular weight is 326 g/mol. The van der Waals surface area contributed by atoms with Gasteiger partial charge in [0.15, 0.2) is 0 Å². The first-order valence-corrected chi connectivity index (χ1v) is 9.73. The average Bonchev–Trinajstić information content (AvgIpc) is 2.47. The zero-order valence-electron chi connectivity index (χ0n) is 13.2. The van der Waals surface area contributed by atoms with E-state index in [1.54, 1.807) is 12.1 Å². The van der Waals surface area contributed by atoms with E-state index in [0.29, 0.717) is 17.6 Å². The molecular weight excluding hydrogens is 300 g/mol. The van der Waals surface area contributed by atoms with Crippen LogP contribution in [-0.2, 0) is 10.0 Å². The highest BCUT2D eigenvalue weighted by Crippen LogP contribution is 2.26. The van der Waals surface area contributed by atoms with Gasteiger partial charge in [0.05, 0.1) is 6.26 Å². The minimum atomic E-state index is -3.24. The van der Waals surface area contributed by atoms with Crippen LogP contribution in [0.4, 0.5) is 5.69 Å². The van der Waals surface area contributed by atoms with Gasteiger partial charge in [0.25, 0.3) is 0 Å².